The van der Waals surface area contributed by atoms with Gasteiger partial charge in [-0.3, -0.25) is 9.59 Å². The number of Topliss-reactive ketones (excluding diaryl/α,β-unsaturated/α-hetero) is 2. The molecule has 140 valence electrons. The van der Waals surface area contributed by atoms with E-state index in [1.54, 1.807) is 38.1 Å². The van der Waals surface area contributed by atoms with Gasteiger partial charge in [-0.1, -0.05) is 0 Å². The summed E-state index contributed by atoms with van der Waals surface area (Å²) < 4.78 is 10.4. The molecule has 2 aromatic rings. The summed E-state index contributed by atoms with van der Waals surface area (Å²) in [6.45, 7) is 5.91. The van der Waals surface area contributed by atoms with E-state index in [0.29, 0.717) is 28.1 Å². The van der Waals surface area contributed by atoms with Crippen LogP contribution in [0.2, 0.25) is 0 Å². The molecule has 0 amide bonds. The summed E-state index contributed by atoms with van der Waals surface area (Å²) in [4.78, 5) is 39.1. The van der Waals surface area contributed by atoms with Crippen LogP contribution in [0.5, 0.6) is 5.75 Å². The quantitative estimate of drug-likeness (QED) is 0.594. The zero-order valence-corrected chi connectivity index (χ0v) is 15.6. The van der Waals surface area contributed by atoms with Crippen molar-refractivity contribution in [3.05, 3.63) is 52.3 Å². The fourth-order valence-electron chi connectivity index (χ4n) is 2.78. The van der Waals surface area contributed by atoms with Crippen LogP contribution >= 0.6 is 0 Å². The third kappa shape index (κ3) is 4.61. The van der Waals surface area contributed by atoms with Crippen molar-refractivity contribution in [1.82, 2.24) is 4.98 Å². The van der Waals surface area contributed by atoms with Gasteiger partial charge >= 0.3 is 5.97 Å². The van der Waals surface area contributed by atoms with Crippen molar-refractivity contribution in [2.45, 2.75) is 33.8 Å². The number of ketones is 2. The zero-order valence-electron chi connectivity index (χ0n) is 15.6. The largest absolute Gasteiger partial charge is 0.482 e. The van der Waals surface area contributed by atoms with E-state index < -0.39 is 17.9 Å². The van der Waals surface area contributed by atoms with Crippen molar-refractivity contribution in [1.29, 1.82) is 5.26 Å². The molecule has 1 atom stereocenters. The number of aromatic amines is 1. The molecule has 0 spiro atoms. The molecule has 0 unspecified atom stereocenters. The van der Waals surface area contributed by atoms with Gasteiger partial charge in [0.25, 0.3) is 0 Å². The molecule has 0 saturated carbocycles. The lowest BCUT2D eigenvalue weighted by Gasteiger charge is -2.13. The molecule has 0 saturated heterocycles. The van der Waals surface area contributed by atoms with E-state index in [1.165, 1.54) is 13.8 Å². The Kier molecular flexibility index (Phi) is 6.14. The highest BCUT2D eigenvalue weighted by Gasteiger charge is 2.26. The van der Waals surface area contributed by atoms with Gasteiger partial charge in [0.15, 0.2) is 18.5 Å². The number of H-pyrrole nitrogens is 1. The number of hydrogen-bond donors (Lipinski definition) is 1. The lowest BCUT2D eigenvalue weighted by Crippen LogP contribution is -2.28. The van der Waals surface area contributed by atoms with Crippen molar-refractivity contribution >= 4 is 17.5 Å². The van der Waals surface area contributed by atoms with Crippen LogP contribution in [0, 0.1) is 25.2 Å². The second kappa shape index (κ2) is 8.32. The standard InChI is InChI=1S/C20H20N2O5/c1-11-18(13(3)23)12(2)22-19(11)20(25)14(4)27-17(24)10-26-16-7-5-15(9-21)6-8-16/h5-8,14,22H,10H2,1-4H3/t14-/m1/s1. The highest BCUT2D eigenvalue weighted by Crippen LogP contribution is 2.20. The van der Waals surface area contributed by atoms with Gasteiger partial charge in [0.2, 0.25) is 5.78 Å². The third-order valence-electron chi connectivity index (χ3n) is 4.05. The molecule has 0 aliphatic carbocycles. The minimum Gasteiger partial charge on any atom is -0.482 e. The predicted molar refractivity (Wildman–Crippen MR) is 96.8 cm³/mol. The van der Waals surface area contributed by atoms with Crippen LogP contribution < -0.4 is 4.74 Å². The monoisotopic (exact) mass is 368 g/mol. The number of rotatable bonds is 7. The zero-order chi connectivity index (χ0) is 20.1. The fourth-order valence-corrected chi connectivity index (χ4v) is 2.78. The number of hydrogen-bond acceptors (Lipinski definition) is 6. The van der Waals surface area contributed by atoms with Crippen molar-refractivity contribution in [2.75, 3.05) is 6.61 Å². The molecule has 2 rings (SSSR count). The number of nitrogens with zero attached hydrogens (tertiary/aromatic N) is 1. The van der Waals surface area contributed by atoms with E-state index in [4.69, 9.17) is 14.7 Å². The Morgan fingerprint density at radius 2 is 1.81 bits per heavy atom. The number of carbonyl (C=O) groups excluding carboxylic acids is 3. The van der Waals surface area contributed by atoms with Crippen LogP contribution in [0.25, 0.3) is 0 Å². The normalized spacial score (nSPS) is 11.4. The molecule has 7 heteroatoms. The summed E-state index contributed by atoms with van der Waals surface area (Å²) in [6, 6.07) is 8.24. The minimum atomic E-state index is -1.03. The fraction of sp³-hybridized carbons (Fsp3) is 0.300. The Labute approximate surface area is 156 Å². The topological polar surface area (TPSA) is 109 Å². The second-order valence-electron chi connectivity index (χ2n) is 6.10. The number of nitrogens with one attached hydrogen (secondary N) is 1. The van der Waals surface area contributed by atoms with Gasteiger partial charge in [-0.05, 0) is 57.5 Å². The molecule has 0 aliphatic rings. The average molecular weight is 368 g/mol. The number of aromatic nitrogens is 1. The Balaban J connectivity index is 1.97. The van der Waals surface area contributed by atoms with Crippen molar-refractivity contribution in [3.63, 3.8) is 0 Å². The lowest BCUT2D eigenvalue weighted by atomic mass is 10.0. The first-order valence-electron chi connectivity index (χ1n) is 8.31. The van der Waals surface area contributed by atoms with Crippen molar-refractivity contribution < 1.29 is 23.9 Å². The Morgan fingerprint density at radius 3 is 2.33 bits per heavy atom. The molecular formula is C20H20N2O5. The van der Waals surface area contributed by atoms with Crippen LogP contribution in [-0.2, 0) is 9.53 Å². The first kappa shape index (κ1) is 19.9. The van der Waals surface area contributed by atoms with Gasteiger partial charge in [-0.2, -0.15) is 5.26 Å². The van der Waals surface area contributed by atoms with Crippen LogP contribution in [0.1, 0.15) is 51.5 Å². The van der Waals surface area contributed by atoms with Gasteiger partial charge in [0.05, 0.1) is 17.3 Å². The van der Waals surface area contributed by atoms with Gasteiger partial charge in [0, 0.05) is 11.3 Å². The lowest BCUT2D eigenvalue weighted by molar-refractivity contribution is -0.148. The maximum absolute atomic E-state index is 12.5. The van der Waals surface area contributed by atoms with Crippen LogP contribution in [0.3, 0.4) is 0 Å². The molecule has 7 nitrogen and oxygen atoms in total. The number of aryl methyl sites for hydroxylation is 1. The molecule has 0 aliphatic heterocycles. The minimum absolute atomic E-state index is 0.138. The molecule has 0 radical (unpaired) electrons. The van der Waals surface area contributed by atoms with E-state index in [1.807, 2.05) is 6.07 Å². The summed E-state index contributed by atoms with van der Waals surface area (Å²) in [5.74, 6) is -0.851. The Hall–Kier alpha value is -3.40. The van der Waals surface area contributed by atoms with Crippen LogP contribution in [0.4, 0.5) is 0 Å². The maximum Gasteiger partial charge on any atom is 0.344 e. The summed E-state index contributed by atoms with van der Waals surface area (Å²) in [5.41, 5.74) is 2.35. The van der Waals surface area contributed by atoms with E-state index in [9.17, 15) is 14.4 Å². The third-order valence-corrected chi connectivity index (χ3v) is 4.05. The highest BCUT2D eigenvalue weighted by molar-refractivity contribution is 6.05. The molecule has 0 fully saturated rings. The number of nitriles is 1. The number of carbonyl (C=O) groups is 3. The summed E-state index contributed by atoms with van der Waals surface area (Å²) in [7, 11) is 0. The second-order valence-corrected chi connectivity index (χ2v) is 6.10. The van der Waals surface area contributed by atoms with E-state index in [-0.39, 0.29) is 18.1 Å². The summed E-state index contributed by atoms with van der Waals surface area (Å²) in [6.07, 6.45) is -1.03. The highest BCUT2D eigenvalue weighted by atomic mass is 16.6. The van der Waals surface area contributed by atoms with Gasteiger partial charge < -0.3 is 14.5 Å². The van der Waals surface area contributed by atoms with Gasteiger partial charge in [0.1, 0.15) is 5.75 Å². The molecule has 1 aromatic carbocycles. The van der Waals surface area contributed by atoms with Crippen LogP contribution in [0.15, 0.2) is 24.3 Å². The Morgan fingerprint density at radius 1 is 1.19 bits per heavy atom. The molecule has 1 N–H and O–H groups in total. The molecular weight excluding hydrogens is 348 g/mol. The predicted octanol–water partition coefficient (Wildman–Crippen LogP) is 2.90. The van der Waals surface area contributed by atoms with E-state index >= 15 is 0 Å². The molecule has 27 heavy (non-hydrogen) atoms. The van der Waals surface area contributed by atoms with Crippen molar-refractivity contribution in [2.24, 2.45) is 0 Å². The first-order chi connectivity index (χ1) is 12.7. The number of benzene rings is 1. The molecule has 1 heterocycles. The van der Waals surface area contributed by atoms with Gasteiger partial charge in [-0.15, -0.1) is 0 Å². The SMILES string of the molecule is CC(=O)c1c(C)[nH]c(C(=O)[C@@H](C)OC(=O)COc2ccc(C#N)cc2)c1C. The first-order valence-corrected chi connectivity index (χ1v) is 8.31. The maximum atomic E-state index is 12.5. The van der Waals surface area contributed by atoms with Crippen LogP contribution in [-0.4, -0.2) is 35.2 Å². The van der Waals surface area contributed by atoms with Crippen molar-refractivity contribution in [3.8, 4) is 11.8 Å². The summed E-state index contributed by atoms with van der Waals surface area (Å²) >= 11 is 0. The molecule has 0 bridgehead atoms. The molecule has 1 aromatic heterocycles. The number of ether oxygens (including phenoxy) is 2. The van der Waals surface area contributed by atoms with E-state index in [0.717, 1.165) is 0 Å². The smallest absolute Gasteiger partial charge is 0.344 e. The number of esters is 1. The Bertz CT molecular complexity index is 919. The average Bonchev–Trinajstić information content (AvgIpc) is 2.94. The van der Waals surface area contributed by atoms with E-state index in [2.05, 4.69) is 4.98 Å². The van der Waals surface area contributed by atoms with Gasteiger partial charge in [-0.25, -0.2) is 4.79 Å². The summed E-state index contributed by atoms with van der Waals surface area (Å²) in [5, 5.41) is 8.74.